The van der Waals surface area contributed by atoms with Gasteiger partial charge in [0.05, 0.1) is 11.2 Å². The third-order valence-electron chi connectivity index (χ3n) is 4.52. The van der Waals surface area contributed by atoms with Crippen molar-refractivity contribution in [1.82, 2.24) is 19.9 Å². The van der Waals surface area contributed by atoms with E-state index < -0.39 is 0 Å². The summed E-state index contributed by atoms with van der Waals surface area (Å²) >= 11 is 6.21. The maximum atomic E-state index is 12.9. The Kier molecular flexibility index (Phi) is 5.88. The minimum atomic E-state index is -0.147. The van der Waals surface area contributed by atoms with E-state index in [4.69, 9.17) is 11.6 Å². The number of nitrogens with zero attached hydrogens (tertiary/aromatic N) is 6. The fourth-order valence-corrected chi connectivity index (χ4v) is 3.17. The van der Waals surface area contributed by atoms with Crippen LogP contribution in [0, 0.1) is 0 Å². The summed E-state index contributed by atoms with van der Waals surface area (Å²) < 4.78 is 0. The van der Waals surface area contributed by atoms with E-state index in [1.807, 2.05) is 36.9 Å². The van der Waals surface area contributed by atoms with Gasteiger partial charge in [-0.15, -0.1) is 0 Å². The minimum absolute atomic E-state index is 0.147. The molecule has 138 valence electrons. The highest BCUT2D eigenvalue weighted by molar-refractivity contribution is 6.33. The van der Waals surface area contributed by atoms with Gasteiger partial charge in [0, 0.05) is 45.5 Å². The van der Waals surface area contributed by atoms with Gasteiger partial charge in [-0.05, 0) is 26.0 Å². The summed E-state index contributed by atoms with van der Waals surface area (Å²) in [6, 6.07) is 5.85. The number of carbonyl (C=O) groups excluding carboxylic acids is 1. The average Bonchev–Trinajstić information content (AvgIpc) is 2.70. The maximum Gasteiger partial charge on any atom is 0.274 e. The fourth-order valence-electron chi connectivity index (χ4n) is 3.00. The highest BCUT2D eigenvalue weighted by Gasteiger charge is 2.26. The molecule has 0 saturated carbocycles. The molecule has 8 heteroatoms. The lowest BCUT2D eigenvalue weighted by Gasteiger charge is -2.35. The van der Waals surface area contributed by atoms with Crippen LogP contribution >= 0.6 is 11.6 Å². The number of carbonyl (C=O) groups is 1. The van der Waals surface area contributed by atoms with E-state index >= 15 is 0 Å². The van der Waals surface area contributed by atoms with Crippen molar-refractivity contribution in [2.75, 3.05) is 49.1 Å². The van der Waals surface area contributed by atoms with Crippen LogP contribution in [0.25, 0.3) is 0 Å². The smallest absolute Gasteiger partial charge is 0.274 e. The van der Waals surface area contributed by atoms with Crippen molar-refractivity contribution < 1.29 is 4.79 Å². The zero-order valence-corrected chi connectivity index (χ0v) is 15.9. The summed E-state index contributed by atoms with van der Waals surface area (Å²) in [4.78, 5) is 31.9. The number of hydrogen-bond donors (Lipinski definition) is 0. The normalized spacial score (nSPS) is 14.4. The van der Waals surface area contributed by atoms with Crippen LogP contribution in [0.3, 0.4) is 0 Å². The first-order valence-corrected chi connectivity index (χ1v) is 9.24. The molecule has 0 spiro atoms. The highest BCUT2D eigenvalue weighted by Crippen LogP contribution is 2.20. The van der Waals surface area contributed by atoms with Crippen LogP contribution in [0.4, 0.5) is 11.8 Å². The van der Waals surface area contributed by atoms with E-state index in [1.165, 1.54) is 6.20 Å². The molecule has 0 radical (unpaired) electrons. The Morgan fingerprint density at radius 3 is 2.50 bits per heavy atom. The first-order valence-electron chi connectivity index (χ1n) is 8.86. The monoisotopic (exact) mass is 374 g/mol. The number of amides is 1. The number of pyridine rings is 1. The Hall–Kier alpha value is -2.41. The number of rotatable bonds is 5. The van der Waals surface area contributed by atoms with Gasteiger partial charge in [-0.3, -0.25) is 4.79 Å². The number of halogens is 1. The van der Waals surface area contributed by atoms with Crippen LogP contribution in [0.5, 0.6) is 0 Å². The van der Waals surface area contributed by atoms with Crippen LogP contribution in [-0.2, 0) is 0 Å². The molecular formula is C18H23ClN6O. The molecular weight excluding hydrogens is 352 g/mol. The average molecular weight is 375 g/mol. The zero-order valence-electron chi connectivity index (χ0n) is 15.1. The molecule has 0 aromatic carbocycles. The molecule has 3 rings (SSSR count). The number of hydrogen-bond acceptors (Lipinski definition) is 6. The highest BCUT2D eigenvalue weighted by atomic mass is 35.5. The van der Waals surface area contributed by atoms with Gasteiger partial charge >= 0.3 is 0 Å². The molecule has 7 nitrogen and oxygen atoms in total. The first kappa shape index (κ1) is 18.4. The summed E-state index contributed by atoms with van der Waals surface area (Å²) in [5.41, 5.74) is 0.273. The lowest BCUT2D eigenvalue weighted by molar-refractivity contribution is 0.0740. The minimum Gasteiger partial charge on any atom is -0.353 e. The van der Waals surface area contributed by atoms with Gasteiger partial charge in [-0.25, -0.2) is 15.0 Å². The van der Waals surface area contributed by atoms with E-state index in [9.17, 15) is 4.79 Å². The van der Waals surface area contributed by atoms with Crippen LogP contribution in [-0.4, -0.2) is 65.0 Å². The molecule has 0 aliphatic carbocycles. The number of aromatic nitrogens is 3. The lowest BCUT2D eigenvalue weighted by atomic mass is 10.2. The summed E-state index contributed by atoms with van der Waals surface area (Å²) in [5, 5.41) is 0.290. The maximum absolute atomic E-state index is 12.9. The largest absolute Gasteiger partial charge is 0.353 e. The van der Waals surface area contributed by atoms with Crippen molar-refractivity contribution in [3.63, 3.8) is 0 Å². The Morgan fingerprint density at radius 2 is 1.88 bits per heavy atom. The lowest BCUT2D eigenvalue weighted by Crippen LogP contribution is -2.49. The molecule has 1 saturated heterocycles. The van der Waals surface area contributed by atoms with E-state index in [-0.39, 0.29) is 16.6 Å². The third-order valence-corrected chi connectivity index (χ3v) is 4.80. The molecule has 0 atom stereocenters. The van der Waals surface area contributed by atoms with E-state index in [1.54, 1.807) is 11.1 Å². The van der Waals surface area contributed by atoms with Gasteiger partial charge in [0.2, 0.25) is 5.95 Å². The van der Waals surface area contributed by atoms with E-state index in [0.717, 1.165) is 32.0 Å². The van der Waals surface area contributed by atoms with Gasteiger partial charge in [-0.1, -0.05) is 17.7 Å². The van der Waals surface area contributed by atoms with Gasteiger partial charge in [-0.2, -0.15) is 0 Å². The Labute approximate surface area is 158 Å². The van der Waals surface area contributed by atoms with Crippen molar-refractivity contribution in [3.05, 3.63) is 41.3 Å². The summed E-state index contributed by atoms with van der Waals surface area (Å²) in [7, 11) is 0. The molecule has 2 aromatic heterocycles. The number of anilines is 2. The zero-order chi connectivity index (χ0) is 18.5. The molecule has 3 heterocycles. The second-order valence-electron chi connectivity index (χ2n) is 6.01. The SMILES string of the molecule is CCN(CC)c1ncc(Cl)c(C(=O)N2CCN(c3ccccn3)CC2)n1. The second-order valence-corrected chi connectivity index (χ2v) is 6.41. The summed E-state index contributed by atoms with van der Waals surface area (Å²) in [5.74, 6) is 1.32. The Bertz CT molecular complexity index is 745. The van der Waals surface area contributed by atoms with Crippen molar-refractivity contribution in [2.24, 2.45) is 0 Å². The molecule has 26 heavy (non-hydrogen) atoms. The van der Waals surface area contributed by atoms with Crippen LogP contribution < -0.4 is 9.80 Å². The van der Waals surface area contributed by atoms with Gasteiger partial charge < -0.3 is 14.7 Å². The predicted octanol–water partition coefficient (Wildman–Crippen LogP) is 2.33. The fraction of sp³-hybridized carbons (Fsp3) is 0.444. The van der Waals surface area contributed by atoms with Crippen LogP contribution in [0.2, 0.25) is 5.02 Å². The molecule has 1 fully saturated rings. The summed E-state index contributed by atoms with van der Waals surface area (Å²) in [6.07, 6.45) is 3.29. The predicted molar refractivity (Wildman–Crippen MR) is 103 cm³/mol. The van der Waals surface area contributed by atoms with Crippen LogP contribution in [0.15, 0.2) is 30.6 Å². The molecule has 0 bridgehead atoms. The first-order chi connectivity index (χ1) is 12.6. The molecule has 2 aromatic rings. The van der Waals surface area contributed by atoms with E-state index in [2.05, 4.69) is 19.9 Å². The van der Waals surface area contributed by atoms with Crippen molar-refractivity contribution in [2.45, 2.75) is 13.8 Å². The van der Waals surface area contributed by atoms with Gasteiger partial charge in [0.1, 0.15) is 5.82 Å². The topological polar surface area (TPSA) is 65.5 Å². The van der Waals surface area contributed by atoms with Crippen molar-refractivity contribution >= 4 is 29.3 Å². The third kappa shape index (κ3) is 3.88. The van der Waals surface area contributed by atoms with Crippen molar-refractivity contribution in [3.8, 4) is 0 Å². The van der Waals surface area contributed by atoms with E-state index in [0.29, 0.717) is 19.0 Å². The standard InChI is InChI=1S/C18H23ClN6O/c1-3-23(4-2)18-21-13-14(19)16(22-18)17(26)25-11-9-24(10-12-25)15-7-5-6-8-20-15/h5-8,13H,3-4,9-12H2,1-2H3. The Balaban J connectivity index is 1.71. The van der Waals surface area contributed by atoms with Gasteiger partial charge in [0.15, 0.2) is 5.69 Å². The Morgan fingerprint density at radius 1 is 1.15 bits per heavy atom. The van der Waals surface area contributed by atoms with Crippen molar-refractivity contribution in [1.29, 1.82) is 0 Å². The summed E-state index contributed by atoms with van der Waals surface area (Å²) in [6.45, 7) is 8.28. The molecule has 1 amide bonds. The number of piperazine rings is 1. The quantitative estimate of drug-likeness (QED) is 0.800. The molecule has 0 unspecified atom stereocenters. The van der Waals surface area contributed by atoms with Crippen LogP contribution in [0.1, 0.15) is 24.3 Å². The molecule has 1 aliphatic heterocycles. The second kappa shape index (κ2) is 8.31. The molecule has 1 aliphatic rings. The molecule has 0 N–H and O–H groups in total. The van der Waals surface area contributed by atoms with Gasteiger partial charge in [0.25, 0.3) is 5.91 Å².